The number of fused-ring (bicyclic) bond motifs is 2. The van der Waals surface area contributed by atoms with Crippen LogP contribution in [0.4, 0.5) is 8.78 Å². The van der Waals surface area contributed by atoms with Crippen molar-refractivity contribution in [1.82, 2.24) is 19.5 Å². The van der Waals surface area contributed by atoms with Gasteiger partial charge < -0.3 is 9.47 Å². The minimum Gasteiger partial charge on any atom is -0.495 e. The number of ether oxygens (including phenoxy) is 2. The van der Waals surface area contributed by atoms with Gasteiger partial charge in [0.1, 0.15) is 26.2 Å². The van der Waals surface area contributed by atoms with Crippen molar-refractivity contribution in [3.63, 3.8) is 0 Å². The molecule has 0 radical (unpaired) electrons. The van der Waals surface area contributed by atoms with Crippen molar-refractivity contribution in [2.45, 2.75) is 30.6 Å². The molecule has 0 aliphatic heterocycles. The van der Waals surface area contributed by atoms with Crippen LogP contribution in [0.15, 0.2) is 93.2 Å². The van der Waals surface area contributed by atoms with E-state index in [9.17, 15) is 13.6 Å². The topological polar surface area (TPSA) is 79.1 Å². The number of halogens is 3. The number of aromatic nitrogens is 4. The van der Waals surface area contributed by atoms with Gasteiger partial charge in [0.25, 0.3) is 5.56 Å². The summed E-state index contributed by atoms with van der Waals surface area (Å²) >= 11 is 10.7. The van der Waals surface area contributed by atoms with E-state index in [0.29, 0.717) is 53.8 Å². The van der Waals surface area contributed by atoms with Crippen LogP contribution in [0, 0.1) is 13.8 Å². The molecule has 236 valence electrons. The first-order valence-electron chi connectivity index (χ1n) is 14.2. The highest BCUT2D eigenvalue weighted by Gasteiger charge is 2.24. The van der Waals surface area contributed by atoms with E-state index in [4.69, 9.17) is 31.3 Å². The number of methoxy groups -OCH3 is 1. The van der Waals surface area contributed by atoms with Crippen LogP contribution >= 0.6 is 46.0 Å². The van der Waals surface area contributed by atoms with Crippen molar-refractivity contribution in [1.29, 1.82) is 0 Å². The Morgan fingerprint density at radius 1 is 0.894 bits per heavy atom. The Kier molecular flexibility index (Phi) is 8.43. The Labute approximate surface area is 284 Å². The zero-order valence-corrected chi connectivity index (χ0v) is 28.2. The summed E-state index contributed by atoms with van der Waals surface area (Å²) in [6.45, 7) is 1.10. The van der Waals surface area contributed by atoms with Gasteiger partial charge in [-0.25, -0.2) is 15.0 Å². The SMILES string of the molecule is COc1ccccc1-n1c(Sc2nc(-c3ccc(OC(F)F)cc3)nc3sc(C)c(C)c23)nc2scc(-c3ccccc3Cl)c2c1=O. The van der Waals surface area contributed by atoms with Crippen LogP contribution in [0.25, 0.3) is 48.6 Å². The number of thiophene rings is 2. The summed E-state index contributed by atoms with van der Waals surface area (Å²) in [4.78, 5) is 31.8. The summed E-state index contributed by atoms with van der Waals surface area (Å²) < 4.78 is 37.3. The average molecular weight is 705 g/mol. The summed E-state index contributed by atoms with van der Waals surface area (Å²) in [5.41, 5.74) is 3.31. The zero-order chi connectivity index (χ0) is 32.8. The molecule has 0 spiro atoms. The Morgan fingerprint density at radius 3 is 2.38 bits per heavy atom. The van der Waals surface area contributed by atoms with Crippen LogP contribution < -0.4 is 15.0 Å². The number of para-hydroxylation sites is 2. The quantitative estimate of drug-likeness (QED) is 0.115. The van der Waals surface area contributed by atoms with Crippen LogP contribution in [-0.2, 0) is 0 Å². The minimum absolute atomic E-state index is 0.0349. The van der Waals surface area contributed by atoms with Gasteiger partial charge in [0.15, 0.2) is 11.0 Å². The lowest BCUT2D eigenvalue weighted by atomic mass is 10.1. The van der Waals surface area contributed by atoms with Crippen molar-refractivity contribution in [3.05, 3.63) is 104 Å². The molecule has 4 aromatic heterocycles. The number of nitrogens with zero attached hydrogens (tertiary/aromatic N) is 4. The molecule has 0 saturated heterocycles. The lowest BCUT2D eigenvalue weighted by Crippen LogP contribution is -2.22. The first-order valence-corrected chi connectivity index (χ1v) is 17.1. The van der Waals surface area contributed by atoms with E-state index in [-0.39, 0.29) is 11.3 Å². The molecule has 0 bridgehead atoms. The molecule has 47 heavy (non-hydrogen) atoms. The summed E-state index contributed by atoms with van der Waals surface area (Å²) in [5, 5.41) is 4.70. The molecule has 0 aliphatic rings. The van der Waals surface area contributed by atoms with Crippen LogP contribution in [0.3, 0.4) is 0 Å². The fraction of sp³-hybridized carbons (Fsp3) is 0.118. The molecule has 0 atom stereocenters. The first kappa shape index (κ1) is 31.3. The maximum Gasteiger partial charge on any atom is 0.387 e. The summed E-state index contributed by atoms with van der Waals surface area (Å²) in [6, 6.07) is 20.8. The normalized spacial score (nSPS) is 11.6. The molecule has 13 heteroatoms. The van der Waals surface area contributed by atoms with Crippen LogP contribution in [0.1, 0.15) is 10.4 Å². The highest BCUT2D eigenvalue weighted by atomic mass is 35.5. The minimum atomic E-state index is -2.93. The fourth-order valence-corrected chi connectivity index (χ4v) is 8.62. The molecule has 0 fully saturated rings. The van der Waals surface area contributed by atoms with Crippen molar-refractivity contribution in [2.24, 2.45) is 0 Å². The molecular weight excluding hydrogens is 682 g/mol. The molecule has 0 saturated carbocycles. The predicted octanol–water partition coefficient (Wildman–Crippen LogP) is 9.82. The summed E-state index contributed by atoms with van der Waals surface area (Å²) in [5.74, 6) is 0.927. The maximum atomic E-state index is 14.6. The van der Waals surface area contributed by atoms with Gasteiger partial charge in [0.2, 0.25) is 0 Å². The van der Waals surface area contributed by atoms with Gasteiger partial charge in [-0.2, -0.15) is 8.78 Å². The largest absolute Gasteiger partial charge is 0.495 e. The third kappa shape index (κ3) is 5.75. The monoisotopic (exact) mass is 704 g/mol. The third-order valence-corrected chi connectivity index (χ3v) is 10.8. The summed E-state index contributed by atoms with van der Waals surface area (Å²) in [7, 11) is 1.55. The zero-order valence-electron chi connectivity index (χ0n) is 25.0. The molecule has 3 aromatic carbocycles. The number of rotatable bonds is 8. The second-order valence-corrected chi connectivity index (χ2v) is 13.8. The van der Waals surface area contributed by atoms with E-state index in [2.05, 4.69) is 4.74 Å². The van der Waals surface area contributed by atoms with Crippen LogP contribution in [0.2, 0.25) is 5.02 Å². The average Bonchev–Trinajstić information content (AvgIpc) is 3.61. The molecular formula is C34H23ClF2N4O3S3. The van der Waals surface area contributed by atoms with Crippen molar-refractivity contribution in [2.75, 3.05) is 7.11 Å². The number of hydrogen-bond donors (Lipinski definition) is 0. The fourth-order valence-electron chi connectivity index (χ4n) is 5.23. The number of aryl methyl sites for hydroxylation is 2. The third-order valence-electron chi connectivity index (χ3n) is 7.59. The Morgan fingerprint density at radius 2 is 1.64 bits per heavy atom. The van der Waals surface area contributed by atoms with Crippen LogP contribution in [-0.4, -0.2) is 33.2 Å². The number of hydrogen-bond acceptors (Lipinski definition) is 9. The molecule has 7 nitrogen and oxygen atoms in total. The molecule has 7 rings (SSSR count). The second-order valence-electron chi connectivity index (χ2n) is 10.3. The highest BCUT2D eigenvalue weighted by molar-refractivity contribution is 7.99. The van der Waals surface area contributed by atoms with Gasteiger partial charge >= 0.3 is 6.61 Å². The van der Waals surface area contributed by atoms with E-state index in [0.717, 1.165) is 26.2 Å². The van der Waals surface area contributed by atoms with Gasteiger partial charge in [-0.15, -0.1) is 22.7 Å². The van der Waals surface area contributed by atoms with Gasteiger partial charge in [-0.1, -0.05) is 41.9 Å². The van der Waals surface area contributed by atoms with Crippen molar-refractivity contribution >= 4 is 66.5 Å². The van der Waals surface area contributed by atoms with E-state index in [1.54, 1.807) is 35.9 Å². The second kappa shape index (κ2) is 12.7. The van der Waals surface area contributed by atoms with Crippen molar-refractivity contribution in [3.8, 4) is 39.7 Å². The molecule has 0 unspecified atom stereocenters. The molecule has 7 aromatic rings. The highest BCUT2D eigenvalue weighted by Crippen LogP contribution is 2.42. The standard InChI is InChI=1S/C34H23ClF2N4O3S3/c1-17-18(2)46-30-26(17)31(39-28(38-30)19-12-14-20(15-13-19)44-33(36)37)47-34-40-29-27(22(16-45-29)21-8-4-5-9-23(21)35)32(42)41(34)24-10-6-7-11-25(24)43-3/h4-16,33H,1-3H3. The first-order chi connectivity index (χ1) is 22.7. The van der Waals surface area contributed by atoms with E-state index >= 15 is 0 Å². The van der Waals surface area contributed by atoms with Gasteiger partial charge in [0.05, 0.1) is 18.2 Å². The molecule has 4 heterocycles. The van der Waals surface area contributed by atoms with Gasteiger partial charge in [-0.3, -0.25) is 9.36 Å². The lowest BCUT2D eigenvalue weighted by molar-refractivity contribution is -0.0498. The van der Waals surface area contributed by atoms with Crippen LogP contribution in [0.5, 0.6) is 11.5 Å². The van der Waals surface area contributed by atoms with E-state index in [1.165, 1.54) is 46.6 Å². The van der Waals surface area contributed by atoms with E-state index in [1.807, 2.05) is 55.6 Å². The van der Waals surface area contributed by atoms with E-state index < -0.39 is 6.61 Å². The maximum absolute atomic E-state index is 14.6. The molecule has 0 N–H and O–H groups in total. The molecule has 0 aliphatic carbocycles. The number of benzene rings is 3. The Bertz CT molecular complexity index is 2360. The Hall–Kier alpha value is -4.36. The number of alkyl halides is 2. The Balaban J connectivity index is 1.45. The van der Waals surface area contributed by atoms with Crippen molar-refractivity contribution < 1.29 is 18.3 Å². The molecule has 0 amide bonds. The predicted molar refractivity (Wildman–Crippen MR) is 185 cm³/mol. The van der Waals surface area contributed by atoms with Gasteiger partial charge in [-0.05, 0) is 73.6 Å². The lowest BCUT2D eigenvalue weighted by Gasteiger charge is -2.16. The smallest absolute Gasteiger partial charge is 0.387 e. The summed E-state index contributed by atoms with van der Waals surface area (Å²) in [6.07, 6.45) is 0. The van der Waals surface area contributed by atoms with Gasteiger partial charge in [0, 0.05) is 37.4 Å².